The van der Waals surface area contributed by atoms with Gasteiger partial charge in [-0.25, -0.2) is 0 Å². The van der Waals surface area contributed by atoms with Crippen LogP contribution in [0.1, 0.15) is 17.3 Å². The average Bonchev–Trinajstić information content (AvgIpc) is 2.72. The molecule has 1 aliphatic heterocycles. The van der Waals surface area contributed by atoms with Crippen LogP contribution in [0.5, 0.6) is 0 Å². The Labute approximate surface area is 106 Å². The standard InChI is InChI=1S/C11H18N4O3/c1-14-11-8(6-17-2)4-15(10(16)7-18-3)5-9(11)12-13-14/h8H,4-7H2,1-3H3/t8-/m0/s1. The second kappa shape index (κ2) is 5.45. The van der Waals surface area contributed by atoms with E-state index in [0.717, 1.165) is 11.4 Å². The van der Waals surface area contributed by atoms with Crippen LogP contribution in [0.4, 0.5) is 0 Å². The first-order valence-electron chi connectivity index (χ1n) is 5.81. The van der Waals surface area contributed by atoms with Crippen LogP contribution in [-0.4, -0.2) is 59.8 Å². The van der Waals surface area contributed by atoms with Crippen LogP contribution in [-0.2, 0) is 27.9 Å². The van der Waals surface area contributed by atoms with Crippen molar-refractivity contribution < 1.29 is 14.3 Å². The van der Waals surface area contributed by atoms with Gasteiger partial charge >= 0.3 is 0 Å². The van der Waals surface area contributed by atoms with E-state index in [4.69, 9.17) is 9.47 Å². The van der Waals surface area contributed by atoms with Crippen molar-refractivity contribution in [3.63, 3.8) is 0 Å². The summed E-state index contributed by atoms with van der Waals surface area (Å²) < 4.78 is 11.9. The minimum atomic E-state index is -0.0325. The van der Waals surface area contributed by atoms with Gasteiger partial charge in [0.1, 0.15) is 12.3 Å². The van der Waals surface area contributed by atoms with Crippen molar-refractivity contribution in [3.05, 3.63) is 11.4 Å². The highest BCUT2D eigenvalue weighted by molar-refractivity contribution is 5.77. The number of ether oxygens (including phenoxy) is 2. The number of hydrogen-bond donors (Lipinski definition) is 0. The van der Waals surface area contributed by atoms with Gasteiger partial charge in [0.25, 0.3) is 0 Å². The number of nitrogens with zero attached hydrogens (tertiary/aromatic N) is 4. The topological polar surface area (TPSA) is 69.5 Å². The molecule has 2 rings (SSSR count). The zero-order valence-corrected chi connectivity index (χ0v) is 10.9. The Bertz CT molecular complexity index is 432. The molecular weight excluding hydrogens is 236 g/mol. The van der Waals surface area contributed by atoms with E-state index in [9.17, 15) is 4.79 Å². The van der Waals surface area contributed by atoms with E-state index < -0.39 is 0 Å². The highest BCUT2D eigenvalue weighted by Crippen LogP contribution is 2.26. The number of carbonyl (C=O) groups excluding carboxylic acids is 1. The second-order valence-corrected chi connectivity index (χ2v) is 4.40. The Hall–Kier alpha value is -1.47. The Balaban J connectivity index is 2.21. The van der Waals surface area contributed by atoms with Crippen LogP contribution < -0.4 is 0 Å². The molecule has 1 amide bonds. The lowest BCUT2D eigenvalue weighted by Crippen LogP contribution is -2.41. The minimum absolute atomic E-state index is 0.0325. The van der Waals surface area contributed by atoms with Gasteiger partial charge in [-0.1, -0.05) is 5.21 Å². The molecule has 1 aromatic heterocycles. The molecule has 7 heteroatoms. The van der Waals surface area contributed by atoms with Crippen LogP contribution >= 0.6 is 0 Å². The van der Waals surface area contributed by atoms with Gasteiger partial charge in [0.05, 0.1) is 18.8 Å². The summed E-state index contributed by atoms with van der Waals surface area (Å²) in [5.41, 5.74) is 1.90. The van der Waals surface area contributed by atoms with Gasteiger partial charge in [-0.2, -0.15) is 0 Å². The molecule has 0 bridgehead atoms. The Morgan fingerprint density at radius 1 is 1.44 bits per heavy atom. The van der Waals surface area contributed by atoms with Gasteiger partial charge < -0.3 is 14.4 Å². The van der Waals surface area contributed by atoms with Crippen molar-refractivity contribution in [1.82, 2.24) is 19.9 Å². The Morgan fingerprint density at radius 3 is 2.89 bits per heavy atom. The normalized spacial score (nSPS) is 18.8. The molecule has 0 aliphatic carbocycles. The largest absolute Gasteiger partial charge is 0.384 e. The van der Waals surface area contributed by atoms with Crippen LogP contribution in [0, 0.1) is 0 Å². The summed E-state index contributed by atoms with van der Waals surface area (Å²) in [6.45, 7) is 1.75. The zero-order valence-electron chi connectivity index (χ0n) is 10.9. The van der Waals surface area contributed by atoms with Crippen LogP contribution in [0.25, 0.3) is 0 Å². The summed E-state index contributed by atoms with van der Waals surface area (Å²) in [5, 5.41) is 8.12. The van der Waals surface area contributed by atoms with Crippen molar-refractivity contribution in [1.29, 1.82) is 0 Å². The third-order valence-corrected chi connectivity index (χ3v) is 3.10. The van der Waals surface area contributed by atoms with Crippen LogP contribution in [0.15, 0.2) is 0 Å². The summed E-state index contributed by atoms with van der Waals surface area (Å²) in [6, 6.07) is 0. The maximum absolute atomic E-state index is 11.9. The first-order chi connectivity index (χ1) is 8.67. The molecule has 7 nitrogen and oxygen atoms in total. The molecular formula is C11H18N4O3. The summed E-state index contributed by atoms with van der Waals surface area (Å²) in [6.07, 6.45) is 0. The van der Waals surface area contributed by atoms with E-state index in [1.165, 1.54) is 7.11 Å². The molecule has 0 unspecified atom stereocenters. The number of carbonyl (C=O) groups is 1. The molecule has 2 heterocycles. The van der Waals surface area contributed by atoms with Crippen molar-refractivity contribution in [2.24, 2.45) is 7.05 Å². The van der Waals surface area contributed by atoms with E-state index in [2.05, 4.69) is 10.3 Å². The van der Waals surface area contributed by atoms with E-state index in [1.54, 1.807) is 16.7 Å². The van der Waals surface area contributed by atoms with Crippen molar-refractivity contribution in [3.8, 4) is 0 Å². The third kappa shape index (κ3) is 2.37. The number of aromatic nitrogens is 3. The van der Waals surface area contributed by atoms with E-state index >= 15 is 0 Å². The van der Waals surface area contributed by atoms with Gasteiger partial charge in [0, 0.05) is 33.7 Å². The summed E-state index contributed by atoms with van der Waals surface area (Å²) in [5.74, 6) is 0.0782. The van der Waals surface area contributed by atoms with Gasteiger partial charge in [0.15, 0.2) is 0 Å². The van der Waals surface area contributed by atoms with E-state index in [-0.39, 0.29) is 18.4 Å². The molecule has 0 radical (unpaired) electrons. The van der Waals surface area contributed by atoms with E-state index in [0.29, 0.717) is 19.7 Å². The second-order valence-electron chi connectivity index (χ2n) is 4.40. The predicted octanol–water partition coefficient (Wildman–Crippen LogP) is -0.466. The molecule has 0 aromatic carbocycles. The van der Waals surface area contributed by atoms with Crippen molar-refractivity contribution >= 4 is 5.91 Å². The van der Waals surface area contributed by atoms with Gasteiger partial charge in [-0.15, -0.1) is 5.10 Å². The molecule has 1 aliphatic rings. The number of rotatable bonds is 4. The Kier molecular flexibility index (Phi) is 3.93. The number of fused-ring (bicyclic) bond motifs is 1. The molecule has 1 atom stereocenters. The molecule has 0 saturated carbocycles. The van der Waals surface area contributed by atoms with E-state index in [1.807, 2.05) is 7.05 Å². The predicted molar refractivity (Wildman–Crippen MR) is 62.9 cm³/mol. The average molecular weight is 254 g/mol. The monoisotopic (exact) mass is 254 g/mol. The lowest BCUT2D eigenvalue weighted by Gasteiger charge is -2.31. The van der Waals surface area contributed by atoms with Gasteiger partial charge in [-0.3, -0.25) is 9.48 Å². The number of aryl methyl sites for hydroxylation is 1. The lowest BCUT2D eigenvalue weighted by atomic mass is 9.99. The molecule has 0 spiro atoms. The molecule has 0 fully saturated rings. The number of hydrogen-bond acceptors (Lipinski definition) is 5. The maximum Gasteiger partial charge on any atom is 0.248 e. The lowest BCUT2D eigenvalue weighted by molar-refractivity contribution is -0.136. The van der Waals surface area contributed by atoms with Gasteiger partial charge in [-0.05, 0) is 0 Å². The fraction of sp³-hybridized carbons (Fsp3) is 0.727. The molecule has 1 aromatic rings. The van der Waals surface area contributed by atoms with Crippen molar-refractivity contribution in [2.75, 3.05) is 34.0 Å². The minimum Gasteiger partial charge on any atom is -0.384 e. The van der Waals surface area contributed by atoms with Gasteiger partial charge in [0.2, 0.25) is 5.91 Å². The highest BCUT2D eigenvalue weighted by atomic mass is 16.5. The highest BCUT2D eigenvalue weighted by Gasteiger charge is 2.32. The van der Waals surface area contributed by atoms with Crippen LogP contribution in [0.3, 0.4) is 0 Å². The number of amides is 1. The zero-order chi connectivity index (χ0) is 13.1. The molecule has 0 N–H and O–H groups in total. The first kappa shape index (κ1) is 13.0. The van der Waals surface area contributed by atoms with Crippen LogP contribution in [0.2, 0.25) is 0 Å². The smallest absolute Gasteiger partial charge is 0.248 e. The fourth-order valence-electron chi connectivity index (χ4n) is 2.36. The first-order valence-corrected chi connectivity index (χ1v) is 5.81. The summed E-state index contributed by atoms with van der Waals surface area (Å²) in [7, 11) is 5.03. The summed E-state index contributed by atoms with van der Waals surface area (Å²) in [4.78, 5) is 13.6. The molecule has 0 saturated heterocycles. The summed E-state index contributed by atoms with van der Waals surface area (Å²) >= 11 is 0. The Morgan fingerprint density at radius 2 is 2.22 bits per heavy atom. The maximum atomic E-state index is 11.9. The number of methoxy groups -OCH3 is 2. The fourth-order valence-corrected chi connectivity index (χ4v) is 2.36. The SMILES string of the molecule is COCC(=O)N1Cc2nnn(C)c2[C@H](COC)C1. The third-order valence-electron chi connectivity index (χ3n) is 3.10. The quantitative estimate of drug-likeness (QED) is 0.727. The van der Waals surface area contributed by atoms with Crippen molar-refractivity contribution in [2.45, 2.75) is 12.5 Å². The molecule has 18 heavy (non-hydrogen) atoms. The molecule has 100 valence electrons.